The Labute approximate surface area is 119 Å². The molecule has 0 saturated carbocycles. The van der Waals surface area contributed by atoms with Crippen LogP contribution in [0.25, 0.3) is 0 Å². The number of pyridine rings is 1. The van der Waals surface area contributed by atoms with Crippen LogP contribution in [0.4, 0.5) is 0 Å². The topological polar surface area (TPSA) is 49.2 Å². The van der Waals surface area contributed by atoms with Gasteiger partial charge in [-0.15, -0.1) is 0 Å². The van der Waals surface area contributed by atoms with E-state index in [2.05, 4.69) is 26.0 Å². The zero-order chi connectivity index (χ0) is 13.1. The molecule has 0 aliphatic carbocycles. The van der Waals surface area contributed by atoms with Gasteiger partial charge >= 0.3 is 0 Å². The second-order valence-corrected chi connectivity index (χ2v) is 5.31. The van der Waals surface area contributed by atoms with Crippen LogP contribution in [0.3, 0.4) is 0 Å². The van der Waals surface area contributed by atoms with Gasteiger partial charge in [0.15, 0.2) is 5.75 Å². The Hall–Kier alpha value is -1.40. The maximum atomic E-state index is 5.67. The van der Waals surface area contributed by atoms with Crippen LogP contribution in [0.1, 0.15) is 25.5 Å². The fraction of sp³-hybridized carbons (Fsp3) is 0.385. The Morgan fingerprint density at radius 2 is 2.26 bits per heavy atom. The number of halogens is 1. The number of nitrogens with zero attached hydrogens (tertiary/aromatic N) is 3. The van der Waals surface area contributed by atoms with E-state index in [4.69, 9.17) is 9.47 Å². The van der Waals surface area contributed by atoms with E-state index in [1.807, 2.05) is 16.9 Å². The van der Waals surface area contributed by atoms with E-state index in [0.29, 0.717) is 11.6 Å². The fourth-order valence-electron chi connectivity index (χ4n) is 2.01. The second kappa shape index (κ2) is 5.71. The summed E-state index contributed by atoms with van der Waals surface area (Å²) >= 11 is 3.34. The quantitative estimate of drug-likeness (QED) is 0.867. The molecular weight excluding hydrogens is 310 g/mol. The van der Waals surface area contributed by atoms with Crippen LogP contribution in [0.2, 0.25) is 0 Å². The third kappa shape index (κ3) is 3.13. The monoisotopic (exact) mass is 323 g/mol. The number of ether oxygens (including phenoxy) is 2. The van der Waals surface area contributed by atoms with E-state index in [9.17, 15) is 0 Å². The Bertz CT molecular complexity index is 535. The molecule has 2 aromatic heterocycles. The van der Waals surface area contributed by atoms with Crippen molar-refractivity contribution in [3.8, 4) is 11.6 Å². The van der Waals surface area contributed by atoms with Crippen molar-refractivity contribution in [1.82, 2.24) is 14.8 Å². The van der Waals surface area contributed by atoms with Gasteiger partial charge in [0, 0.05) is 23.3 Å². The number of hydrogen-bond acceptors (Lipinski definition) is 4. The zero-order valence-electron chi connectivity index (χ0n) is 10.3. The van der Waals surface area contributed by atoms with Crippen LogP contribution in [0.5, 0.6) is 11.6 Å². The van der Waals surface area contributed by atoms with E-state index in [-0.39, 0.29) is 6.23 Å². The molecule has 1 atom stereocenters. The van der Waals surface area contributed by atoms with Gasteiger partial charge in [-0.3, -0.25) is 0 Å². The second-order valence-electron chi connectivity index (χ2n) is 4.39. The molecule has 100 valence electrons. The van der Waals surface area contributed by atoms with Gasteiger partial charge in [-0.25, -0.2) is 9.67 Å². The van der Waals surface area contributed by atoms with Crippen molar-refractivity contribution in [3.05, 3.63) is 35.2 Å². The average molecular weight is 324 g/mol. The fourth-order valence-corrected chi connectivity index (χ4v) is 2.24. The van der Waals surface area contributed by atoms with Crippen molar-refractivity contribution < 1.29 is 9.47 Å². The highest BCUT2D eigenvalue weighted by atomic mass is 79.9. The molecular formula is C13H14BrN3O2. The highest BCUT2D eigenvalue weighted by Gasteiger charge is 2.16. The van der Waals surface area contributed by atoms with Gasteiger partial charge in [-0.05, 0) is 41.3 Å². The molecule has 1 fully saturated rings. The van der Waals surface area contributed by atoms with Crippen LogP contribution in [0, 0.1) is 0 Å². The van der Waals surface area contributed by atoms with Gasteiger partial charge in [0.05, 0.1) is 12.4 Å². The summed E-state index contributed by atoms with van der Waals surface area (Å²) in [6.45, 7) is 0.801. The lowest BCUT2D eigenvalue weighted by atomic mass is 10.2. The molecule has 1 aliphatic heterocycles. The molecule has 5 nitrogen and oxygen atoms in total. The zero-order valence-corrected chi connectivity index (χ0v) is 11.9. The first-order valence-electron chi connectivity index (χ1n) is 6.26. The van der Waals surface area contributed by atoms with Gasteiger partial charge in [-0.1, -0.05) is 0 Å². The highest BCUT2D eigenvalue weighted by Crippen LogP contribution is 2.25. The molecule has 0 bridgehead atoms. The first-order chi connectivity index (χ1) is 9.31. The summed E-state index contributed by atoms with van der Waals surface area (Å²) < 4.78 is 14.0. The summed E-state index contributed by atoms with van der Waals surface area (Å²) in [5.41, 5.74) is 0. The molecule has 0 radical (unpaired) electrons. The number of hydrogen-bond donors (Lipinski definition) is 0. The maximum absolute atomic E-state index is 5.67. The smallest absolute Gasteiger partial charge is 0.219 e. The van der Waals surface area contributed by atoms with Crippen LogP contribution < -0.4 is 4.74 Å². The largest absolute Gasteiger partial charge is 0.436 e. The van der Waals surface area contributed by atoms with E-state index in [1.54, 1.807) is 18.5 Å². The predicted octanol–water partition coefficient (Wildman–Crippen LogP) is 3.53. The van der Waals surface area contributed by atoms with E-state index < -0.39 is 0 Å². The molecule has 6 heteroatoms. The Morgan fingerprint density at radius 1 is 1.32 bits per heavy atom. The van der Waals surface area contributed by atoms with Crippen molar-refractivity contribution >= 4 is 15.9 Å². The highest BCUT2D eigenvalue weighted by molar-refractivity contribution is 9.10. The molecule has 3 heterocycles. The van der Waals surface area contributed by atoms with Crippen LogP contribution in [-0.4, -0.2) is 21.4 Å². The van der Waals surface area contributed by atoms with Gasteiger partial charge in [0.1, 0.15) is 6.23 Å². The minimum atomic E-state index is 0.0315. The lowest BCUT2D eigenvalue weighted by Gasteiger charge is -2.22. The van der Waals surface area contributed by atoms with Crippen LogP contribution in [-0.2, 0) is 4.74 Å². The Balaban J connectivity index is 1.68. The first-order valence-corrected chi connectivity index (χ1v) is 7.06. The van der Waals surface area contributed by atoms with Gasteiger partial charge in [-0.2, -0.15) is 5.10 Å². The van der Waals surface area contributed by atoms with E-state index >= 15 is 0 Å². The average Bonchev–Trinajstić information content (AvgIpc) is 2.91. The molecule has 1 unspecified atom stereocenters. The normalized spacial score (nSPS) is 19.3. The summed E-state index contributed by atoms with van der Waals surface area (Å²) in [5.74, 6) is 1.22. The minimum absolute atomic E-state index is 0.0315. The lowest BCUT2D eigenvalue weighted by Crippen LogP contribution is -2.18. The number of aromatic nitrogens is 3. The van der Waals surface area contributed by atoms with Crippen molar-refractivity contribution in [2.45, 2.75) is 25.5 Å². The molecule has 0 spiro atoms. The molecule has 19 heavy (non-hydrogen) atoms. The van der Waals surface area contributed by atoms with Crippen LogP contribution in [0.15, 0.2) is 35.2 Å². The molecule has 0 N–H and O–H groups in total. The molecule has 1 saturated heterocycles. The van der Waals surface area contributed by atoms with Crippen molar-refractivity contribution in [1.29, 1.82) is 0 Å². The predicted molar refractivity (Wildman–Crippen MR) is 73.1 cm³/mol. The summed E-state index contributed by atoms with van der Waals surface area (Å²) in [4.78, 5) is 4.16. The minimum Gasteiger partial charge on any atom is -0.436 e. The molecule has 3 rings (SSSR count). The Morgan fingerprint density at radius 3 is 3.00 bits per heavy atom. The summed E-state index contributed by atoms with van der Waals surface area (Å²) in [5, 5.41) is 4.28. The van der Waals surface area contributed by atoms with Crippen molar-refractivity contribution in [2.24, 2.45) is 0 Å². The van der Waals surface area contributed by atoms with Crippen molar-refractivity contribution in [2.75, 3.05) is 6.61 Å². The number of rotatable bonds is 3. The summed E-state index contributed by atoms with van der Waals surface area (Å²) in [7, 11) is 0. The van der Waals surface area contributed by atoms with Gasteiger partial charge in [0.25, 0.3) is 0 Å². The third-order valence-corrected chi connectivity index (χ3v) is 3.42. The van der Waals surface area contributed by atoms with Gasteiger partial charge in [0.2, 0.25) is 5.88 Å². The third-order valence-electron chi connectivity index (χ3n) is 2.95. The van der Waals surface area contributed by atoms with Gasteiger partial charge < -0.3 is 9.47 Å². The molecule has 0 aromatic carbocycles. The lowest BCUT2D eigenvalue weighted by molar-refractivity contribution is -0.0395. The van der Waals surface area contributed by atoms with E-state index in [0.717, 1.165) is 23.9 Å². The standard InChI is InChI=1S/C13H14BrN3O2/c14-10-4-5-12(15-7-10)19-11-8-16-17(9-11)13-3-1-2-6-18-13/h4-5,7-9,13H,1-3,6H2. The summed E-state index contributed by atoms with van der Waals surface area (Å²) in [6, 6.07) is 3.69. The molecule has 1 aliphatic rings. The maximum Gasteiger partial charge on any atom is 0.219 e. The molecule has 2 aromatic rings. The Kier molecular flexibility index (Phi) is 3.79. The van der Waals surface area contributed by atoms with E-state index in [1.165, 1.54) is 6.42 Å². The van der Waals surface area contributed by atoms with Crippen LogP contribution >= 0.6 is 15.9 Å². The van der Waals surface area contributed by atoms with Crippen molar-refractivity contribution in [3.63, 3.8) is 0 Å². The summed E-state index contributed by atoms with van der Waals surface area (Å²) in [6.07, 6.45) is 8.56. The SMILES string of the molecule is Brc1ccc(Oc2cnn(C3CCCCO3)c2)nc1. The first kappa shape index (κ1) is 12.6. The molecule has 0 amide bonds.